The Morgan fingerprint density at radius 3 is 1.87 bits per heavy atom. The summed E-state index contributed by atoms with van der Waals surface area (Å²) in [6.45, 7) is 23.0. The van der Waals surface area contributed by atoms with Crippen LogP contribution < -0.4 is 31.2 Å². The summed E-state index contributed by atoms with van der Waals surface area (Å²) >= 11 is 0. The Kier molecular flexibility index (Phi) is 26.5. The predicted molar refractivity (Wildman–Crippen MR) is 292 cm³/mol. The van der Waals surface area contributed by atoms with Crippen LogP contribution in [-0.2, 0) is 45.1 Å². The Morgan fingerprint density at radius 2 is 1.32 bits per heavy atom. The molecular weight excluding hydrogens is 976 g/mol. The van der Waals surface area contributed by atoms with Crippen molar-refractivity contribution >= 4 is 38.0 Å². The molecule has 0 heterocycles. The van der Waals surface area contributed by atoms with Gasteiger partial charge in [-0.1, -0.05) is 87.5 Å². The van der Waals surface area contributed by atoms with Crippen LogP contribution in [0.15, 0.2) is 103 Å². The van der Waals surface area contributed by atoms with Crippen LogP contribution in [0.4, 0.5) is 15.3 Å². The van der Waals surface area contributed by atoms with E-state index >= 15 is 0 Å². The van der Waals surface area contributed by atoms with Crippen molar-refractivity contribution in [3.8, 4) is 11.5 Å². The first-order valence-electron chi connectivity index (χ1n) is 25.7. The van der Waals surface area contributed by atoms with Gasteiger partial charge < -0.3 is 59.3 Å². The highest BCUT2D eigenvalue weighted by molar-refractivity contribution is 7.44. The number of nitrogens with two attached hydrogens (primary N) is 1. The summed E-state index contributed by atoms with van der Waals surface area (Å²) in [6.07, 6.45) is 0.177. The molecule has 0 saturated carbocycles. The van der Waals surface area contributed by atoms with Gasteiger partial charge >= 0.3 is 12.1 Å². The van der Waals surface area contributed by atoms with Crippen molar-refractivity contribution in [2.24, 2.45) is 23.5 Å². The number of rotatable bonds is 34. The highest BCUT2D eigenvalue weighted by Gasteiger charge is 2.40. The third kappa shape index (κ3) is 19.8. The number of benzene rings is 4. The average molecular weight is 1060 g/mol. The third-order valence-electron chi connectivity index (χ3n) is 12.5. The molecule has 4 rings (SSSR count). The van der Waals surface area contributed by atoms with Gasteiger partial charge in [-0.05, 0) is 112 Å². The predicted octanol–water partition coefficient (Wildman–Crippen LogP) is 10.3. The molecule has 2 unspecified atom stereocenters. The summed E-state index contributed by atoms with van der Waals surface area (Å²) < 4.78 is 45.6. The van der Waals surface area contributed by atoms with E-state index in [1.807, 2.05) is 99.6 Å². The quantitative estimate of drug-likeness (QED) is 0.0149. The maximum Gasteiger partial charge on any atom is 0.407 e. The Hall–Kier alpha value is -6.12. The molecule has 4 atom stereocenters. The number of ketones is 1. The summed E-state index contributed by atoms with van der Waals surface area (Å²) in [4.78, 5) is 53.8. The lowest BCUT2D eigenvalue weighted by Gasteiger charge is -2.39. The zero-order chi connectivity index (χ0) is 54.8. The normalized spacial score (nSPS) is 13.2. The van der Waals surface area contributed by atoms with Crippen LogP contribution in [-0.4, -0.2) is 107 Å². The lowest BCUT2D eigenvalue weighted by atomic mass is 9.80. The summed E-state index contributed by atoms with van der Waals surface area (Å²) in [6, 6.07) is 32.0. The monoisotopic (exact) mass is 1050 g/mol. The molecule has 4 amide bonds. The van der Waals surface area contributed by atoms with Crippen LogP contribution in [0.2, 0.25) is 0 Å². The van der Waals surface area contributed by atoms with Crippen molar-refractivity contribution in [2.45, 2.75) is 105 Å². The SMILES string of the molecule is [C-]#[N+]CCOP(OC(COCCCNC(=O)OCc1ccc(NC(=O)[C@H](CCCNC(N)=O)CC(=O)[C@@H](C)C(C)C)cc1)COC(c1ccccc1)(c1ccc(OC)cc1)c1ccc(OC)cc1)N(C(C)C)C(C)C. The zero-order valence-corrected chi connectivity index (χ0v) is 46.1. The van der Waals surface area contributed by atoms with Gasteiger partial charge in [0, 0.05) is 55.7 Å². The number of methoxy groups -OCH3 is 2. The van der Waals surface area contributed by atoms with Gasteiger partial charge in [0.05, 0.1) is 27.4 Å². The molecule has 0 spiro atoms. The van der Waals surface area contributed by atoms with Crippen LogP contribution >= 0.6 is 8.53 Å². The zero-order valence-electron chi connectivity index (χ0n) is 45.2. The molecule has 0 aromatic heterocycles. The number of carbonyl (C=O) groups is 4. The Labute approximate surface area is 445 Å². The second-order valence-corrected chi connectivity index (χ2v) is 20.4. The molecule has 4 aromatic carbocycles. The van der Waals surface area contributed by atoms with Gasteiger partial charge in [-0.15, -0.1) is 0 Å². The van der Waals surface area contributed by atoms with Gasteiger partial charge in [-0.25, -0.2) is 20.8 Å². The van der Waals surface area contributed by atoms with Gasteiger partial charge in [-0.2, -0.15) is 0 Å². The average Bonchev–Trinajstić information content (AvgIpc) is 3.40. The summed E-state index contributed by atoms with van der Waals surface area (Å²) in [5, 5.41) is 8.22. The second-order valence-electron chi connectivity index (χ2n) is 19.0. The standard InChI is InChI=1S/C57H79N6O11P/c1-40(2)43(7)53(64)36-45(16-14-31-60-55(58)66)54(65)62-49-25-19-44(20-26-49)37-71-56(67)61-32-15-34-70-38-52(74-75(73-35-33-59-8)63(41(3)4)42(5)6)39-72-57(46-17-12-11-13-18-46,47-21-27-50(68-9)28-22-47)48-23-29-51(69-10)30-24-48/h11-13,17-30,40-43,45,52H,14-16,31-39H2,1-7,9-10H3,(H,61,67)(H,62,65)(H3,58,60,66)/t43-,45+,52?,75?/m0/s1. The van der Waals surface area contributed by atoms with Gasteiger partial charge in [0.15, 0.2) is 0 Å². The fraction of sp³-hybridized carbons (Fsp3) is 0.491. The molecule has 18 heteroatoms. The highest BCUT2D eigenvalue weighted by atomic mass is 31.2. The van der Waals surface area contributed by atoms with E-state index in [4.69, 9.17) is 45.0 Å². The molecule has 5 N–H and O–H groups in total. The number of primary amides is 1. The Balaban J connectivity index is 1.42. The van der Waals surface area contributed by atoms with E-state index in [-0.39, 0.29) is 88.2 Å². The molecule has 0 fully saturated rings. The number of carbonyl (C=O) groups excluding carboxylic acids is 4. The minimum absolute atomic E-state index is 0.00507. The van der Waals surface area contributed by atoms with Crippen LogP contribution in [0.5, 0.6) is 11.5 Å². The van der Waals surface area contributed by atoms with Crippen molar-refractivity contribution in [1.29, 1.82) is 0 Å². The van der Waals surface area contributed by atoms with Gasteiger partial charge in [-0.3, -0.25) is 9.59 Å². The second kappa shape index (κ2) is 32.3. The summed E-state index contributed by atoms with van der Waals surface area (Å²) in [5.74, 6) is 0.472. The molecule has 0 radical (unpaired) electrons. The highest BCUT2D eigenvalue weighted by Crippen LogP contribution is 2.48. The van der Waals surface area contributed by atoms with Gasteiger partial charge in [0.25, 0.3) is 8.53 Å². The first-order chi connectivity index (χ1) is 36.0. The number of anilines is 1. The number of hydrogen-bond donors (Lipinski definition) is 4. The molecule has 0 saturated heterocycles. The van der Waals surface area contributed by atoms with Crippen LogP contribution in [0.1, 0.15) is 96.4 Å². The molecule has 408 valence electrons. The van der Waals surface area contributed by atoms with Crippen LogP contribution in [0.3, 0.4) is 0 Å². The molecular formula is C57H79N6O11P. The number of Topliss-reactive ketones (excluding diaryl/α,β-unsaturated/α-hetero) is 1. The first kappa shape index (κ1) is 61.4. The van der Waals surface area contributed by atoms with E-state index in [0.29, 0.717) is 48.6 Å². The van der Waals surface area contributed by atoms with Crippen molar-refractivity contribution in [2.75, 3.05) is 65.6 Å². The smallest absolute Gasteiger partial charge is 0.407 e. The molecule has 0 aliphatic carbocycles. The fourth-order valence-corrected chi connectivity index (χ4v) is 9.88. The third-order valence-corrected chi connectivity index (χ3v) is 14.7. The minimum atomic E-state index is -1.68. The summed E-state index contributed by atoms with van der Waals surface area (Å²) in [5.41, 5.74) is 7.90. The van der Waals surface area contributed by atoms with E-state index in [1.165, 1.54) is 0 Å². The summed E-state index contributed by atoms with van der Waals surface area (Å²) in [7, 11) is 1.58. The lowest BCUT2D eigenvalue weighted by molar-refractivity contribution is -0.129. The van der Waals surface area contributed by atoms with Crippen LogP contribution in [0, 0.1) is 24.3 Å². The first-order valence-corrected chi connectivity index (χ1v) is 26.8. The Bertz CT molecular complexity index is 2310. The van der Waals surface area contributed by atoms with E-state index in [2.05, 4.69) is 53.2 Å². The molecule has 4 aromatic rings. The van der Waals surface area contributed by atoms with Crippen molar-refractivity contribution in [3.63, 3.8) is 0 Å². The molecule has 75 heavy (non-hydrogen) atoms. The largest absolute Gasteiger partial charge is 0.497 e. The van der Waals surface area contributed by atoms with Crippen molar-refractivity contribution < 1.29 is 51.9 Å². The minimum Gasteiger partial charge on any atom is -0.497 e. The van der Waals surface area contributed by atoms with E-state index in [1.54, 1.807) is 38.5 Å². The maximum absolute atomic E-state index is 13.4. The molecule has 0 aliphatic heterocycles. The van der Waals surface area contributed by atoms with Gasteiger partial charge in [0.2, 0.25) is 12.5 Å². The van der Waals surface area contributed by atoms with Crippen molar-refractivity contribution in [1.82, 2.24) is 15.3 Å². The number of amides is 4. The van der Waals surface area contributed by atoms with Gasteiger partial charge in [0.1, 0.15) is 42.2 Å². The number of urea groups is 1. The number of nitrogens with one attached hydrogen (secondary N) is 3. The lowest BCUT2D eigenvalue weighted by Crippen LogP contribution is -2.39. The number of alkyl carbamates (subject to hydrolysis) is 1. The molecule has 17 nitrogen and oxygen atoms in total. The molecule has 0 bridgehead atoms. The van der Waals surface area contributed by atoms with Crippen molar-refractivity contribution in [3.05, 3.63) is 137 Å². The number of hydrogen-bond acceptors (Lipinski definition) is 12. The fourth-order valence-electron chi connectivity index (χ4n) is 8.21. The van der Waals surface area contributed by atoms with E-state index in [9.17, 15) is 19.2 Å². The Morgan fingerprint density at radius 1 is 0.733 bits per heavy atom. The number of ether oxygens (including phenoxy) is 5. The number of nitrogens with zero attached hydrogens (tertiary/aromatic N) is 2. The van der Waals surface area contributed by atoms with E-state index < -0.39 is 38.3 Å². The van der Waals surface area contributed by atoms with Crippen LogP contribution in [0.25, 0.3) is 4.85 Å². The van der Waals surface area contributed by atoms with E-state index in [0.717, 1.165) is 16.7 Å². The maximum atomic E-state index is 13.4. The topological polar surface area (TPSA) is 203 Å². The molecule has 0 aliphatic rings.